The number of anilines is 3. The zero-order chi connectivity index (χ0) is 41.2. The Morgan fingerprint density at radius 3 is 1.35 bits per heavy atom. The number of hydrogen-bond donors (Lipinski definition) is 0. The molecule has 0 aliphatic heterocycles. The van der Waals surface area contributed by atoms with E-state index in [9.17, 15) is 0 Å². The van der Waals surface area contributed by atoms with Gasteiger partial charge in [-0.1, -0.05) is 212 Å². The van der Waals surface area contributed by atoms with E-state index in [1.165, 1.54) is 55.2 Å². The lowest BCUT2D eigenvalue weighted by atomic mass is 9.88. The average molecular weight is 791 g/mol. The Kier molecular flexibility index (Phi) is 9.57. The van der Waals surface area contributed by atoms with E-state index in [-0.39, 0.29) is 0 Å². The minimum absolute atomic E-state index is 1.07. The van der Waals surface area contributed by atoms with Crippen LogP contribution in [-0.2, 0) is 0 Å². The molecule has 2 heteroatoms. The first-order chi connectivity index (χ1) is 30.8. The van der Waals surface area contributed by atoms with Crippen molar-refractivity contribution in [1.29, 1.82) is 0 Å². The van der Waals surface area contributed by atoms with Crippen LogP contribution in [0.5, 0.6) is 0 Å². The van der Waals surface area contributed by atoms with E-state index >= 15 is 0 Å². The van der Waals surface area contributed by atoms with Crippen molar-refractivity contribution in [1.82, 2.24) is 4.57 Å². The third-order valence-electron chi connectivity index (χ3n) is 12.0. The van der Waals surface area contributed by atoms with E-state index in [1.54, 1.807) is 0 Å². The molecule has 1 heterocycles. The fourth-order valence-electron chi connectivity index (χ4n) is 9.18. The van der Waals surface area contributed by atoms with Crippen molar-refractivity contribution >= 4 is 38.9 Å². The Morgan fingerprint density at radius 2 is 0.677 bits per heavy atom. The highest BCUT2D eigenvalue weighted by molar-refractivity contribution is 6.11. The summed E-state index contributed by atoms with van der Waals surface area (Å²) >= 11 is 0. The van der Waals surface area contributed by atoms with Gasteiger partial charge in [0.2, 0.25) is 0 Å². The van der Waals surface area contributed by atoms with E-state index < -0.39 is 0 Å². The summed E-state index contributed by atoms with van der Waals surface area (Å²) in [4.78, 5) is 2.47. The molecule has 0 N–H and O–H groups in total. The molecule has 0 saturated heterocycles. The molecule has 0 bridgehead atoms. The lowest BCUT2D eigenvalue weighted by molar-refractivity contribution is 1.18. The Bertz CT molecular complexity index is 3330. The third kappa shape index (κ3) is 6.65. The maximum Gasteiger partial charge on any atom is 0.0561 e. The van der Waals surface area contributed by atoms with Crippen LogP contribution in [0.15, 0.2) is 255 Å². The lowest BCUT2D eigenvalue weighted by Gasteiger charge is -2.30. The molecule has 11 rings (SSSR count). The van der Waals surface area contributed by atoms with Gasteiger partial charge in [0.1, 0.15) is 0 Å². The van der Waals surface area contributed by atoms with Gasteiger partial charge in [-0.05, 0) is 87.0 Å². The molecular formula is C60H42N2. The van der Waals surface area contributed by atoms with Crippen LogP contribution in [0.4, 0.5) is 17.1 Å². The van der Waals surface area contributed by atoms with Crippen molar-refractivity contribution in [2.45, 2.75) is 0 Å². The molecule has 0 spiro atoms. The molecule has 0 fully saturated rings. The second-order valence-corrected chi connectivity index (χ2v) is 15.7. The Morgan fingerprint density at radius 1 is 0.258 bits per heavy atom. The minimum atomic E-state index is 1.07. The van der Waals surface area contributed by atoms with Crippen LogP contribution in [0.3, 0.4) is 0 Å². The highest BCUT2D eigenvalue weighted by atomic mass is 15.1. The van der Waals surface area contributed by atoms with Gasteiger partial charge in [0.25, 0.3) is 0 Å². The largest absolute Gasteiger partial charge is 0.309 e. The van der Waals surface area contributed by atoms with E-state index in [1.807, 2.05) is 0 Å². The summed E-state index contributed by atoms with van der Waals surface area (Å²) in [6.07, 6.45) is 0. The molecule has 0 unspecified atom stereocenters. The maximum atomic E-state index is 2.47. The molecule has 2 nitrogen and oxygen atoms in total. The van der Waals surface area contributed by atoms with Crippen molar-refractivity contribution in [3.63, 3.8) is 0 Å². The van der Waals surface area contributed by atoms with Crippen molar-refractivity contribution in [2.24, 2.45) is 0 Å². The van der Waals surface area contributed by atoms with E-state index in [4.69, 9.17) is 0 Å². The molecule has 0 atom stereocenters. The van der Waals surface area contributed by atoms with Gasteiger partial charge < -0.3 is 9.47 Å². The number of fused-ring (bicyclic) bond motifs is 3. The van der Waals surface area contributed by atoms with Gasteiger partial charge in [0.15, 0.2) is 0 Å². The predicted octanol–water partition coefficient (Wildman–Crippen LogP) is 16.6. The van der Waals surface area contributed by atoms with Gasteiger partial charge in [-0.25, -0.2) is 0 Å². The molecule has 11 aromatic rings. The van der Waals surface area contributed by atoms with Crippen molar-refractivity contribution in [2.75, 3.05) is 4.90 Å². The second-order valence-electron chi connectivity index (χ2n) is 15.7. The Balaban J connectivity index is 1.16. The predicted molar refractivity (Wildman–Crippen MR) is 263 cm³/mol. The highest BCUT2D eigenvalue weighted by Crippen LogP contribution is 2.48. The molecule has 0 saturated carbocycles. The summed E-state index contributed by atoms with van der Waals surface area (Å²) in [5.74, 6) is 0. The summed E-state index contributed by atoms with van der Waals surface area (Å²) in [7, 11) is 0. The van der Waals surface area contributed by atoms with Gasteiger partial charge >= 0.3 is 0 Å². The standard InChI is InChI=1S/C60H42N2/c1-4-20-43(21-5-1)44-36-38-46(39-37-44)50-27-14-17-33-57(50)62(48-40-41-56-55-32-16-19-35-59(55)61(60(56)42-48)47-24-8-3-9-25-47)58-34-18-15-31-54(58)53-30-13-12-29-52(53)51-28-11-10-26-49(51)45-22-6-2-7-23-45/h1-42H. The molecule has 0 radical (unpaired) electrons. The molecule has 0 aliphatic carbocycles. The monoisotopic (exact) mass is 790 g/mol. The quantitative estimate of drug-likeness (QED) is 0.141. The van der Waals surface area contributed by atoms with Gasteiger partial charge in [0, 0.05) is 33.3 Å². The lowest BCUT2D eigenvalue weighted by Crippen LogP contribution is -2.12. The van der Waals surface area contributed by atoms with Crippen molar-refractivity contribution in [3.8, 4) is 61.3 Å². The zero-order valence-corrected chi connectivity index (χ0v) is 34.1. The Hall–Kier alpha value is -8.20. The summed E-state index contributed by atoms with van der Waals surface area (Å²) in [5.41, 5.74) is 18.5. The fraction of sp³-hybridized carbons (Fsp3) is 0. The maximum absolute atomic E-state index is 2.47. The number of nitrogens with zero attached hydrogens (tertiary/aromatic N) is 2. The SMILES string of the molecule is c1ccc(-c2ccc(-c3ccccc3N(c3ccc4c5ccccc5n(-c5ccccc5)c4c3)c3ccccc3-c3ccccc3-c3ccccc3-c3ccccc3)cc2)cc1. The molecule has 10 aromatic carbocycles. The minimum Gasteiger partial charge on any atom is -0.309 e. The number of rotatable bonds is 9. The van der Waals surface area contributed by atoms with Crippen LogP contribution < -0.4 is 4.90 Å². The van der Waals surface area contributed by atoms with Crippen LogP contribution in [0.25, 0.3) is 83.1 Å². The molecular weight excluding hydrogens is 749 g/mol. The molecule has 292 valence electrons. The summed E-state index contributed by atoms with van der Waals surface area (Å²) in [6, 6.07) is 92.2. The van der Waals surface area contributed by atoms with Gasteiger partial charge in [0.05, 0.1) is 22.4 Å². The number of para-hydroxylation sites is 4. The van der Waals surface area contributed by atoms with E-state index in [0.717, 1.165) is 45.0 Å². The first-order valence-electron chi connectivity index (χ1n) is 21.3. The van der Waals surface area contributed by atoms with Gasteiger partial charge in [-0.2, -0.15) is 0 Å². The van der Waals surface area contributed by atoms with Crippen LogP contribution >= 0.6 is 0 Å². The molecule has 0 aliphatic rings. The topological polar surface area (TPSA) is 8.17 Å². The highest BCUT2D eigenvalue weighted by Gasteiger charge is 2.24. The summed E-state index contributed by atoms with van der Waals surface area (Å²) < 4.78 is 2.41. The first-order valence-corrected chi connectivity index (χ1v) is 21.3. The molecule has 62 heavy (non-hydrogen) atoms. The van der Waals surface area contributed by atoms with Crippen LogP contribution in [0.1, 0.15) is 0 Å². The van der Waals surface area contributed by atoms with Crippen LogP contribution in [0, 0.1) is 0 Å². The Labute approximate surface area is 362 Å². The molecule has 0 amide bonds. The number of hydrogen-bond acceptors (Lipinski definition) is 1. The van der Waals surface area contributed by atoms with Crippen molar-refractivity contribution in [3.05, 3.63) is 255 Å². The zero-order valence-electron chi connectivity index (χ0n) is 34.1. The normalized spacial score (nSPS) is 11.2. The van der Waals surface area contributed by atoms with E-state index in [2.05, 4.69) is 264 Å². The second kappa shape index (κ2) is 16.1. The van der Waals surface area contributed by atoms with Gasteiger partial charge in [-0.15, -0.1) is 0 Å². The smallest absolute Gasteiger partial charge is 0.0561 e. The number of benzene rings is 10. The third-order valence-corrected chi connectivity index (χ3v) is 12.0. The fourth-order valence-corrected chi connectivity index (χ4v) is 9.18. The first kappa shape index (κ1) is 36.8. The van der Waals surface area contributed by atoms with Gasteiger partial charge in [-0.3, -0.25) is 0 Å². The molecule has 1 aromatic heterocycles. The summed E-state index contributed by atoms with van der Waals surface area (Å²) in [5, 5.41) is 2.45. The van der Waals surface area contributed by atoms with Crippen LogP contribution in [-0.4, -0.2) is 4.57 Å². The van der Waals surface area contributed by atoms with E-state index in [0.29, 0.717) is 0 Å². The van der Waals surface area contributed by atoms with Crippen LogP contribution in [0.2, 0.25) is 0 Å². The average Bonchev–Trinajstić information content (AvgIpc) is 3.69. The summed E-state index contributed by atoms with van der Waals surface area (Å²) in [6.45, 7) is 0. The number of aromatic nitrogens is 1. The van der Waals surface area contributed by atoms with Crippen molar-refractivity contribution < 1.29 is 0 Å².